The van der Waals surface area contributed by atoms with E-state index in [9.17, 15) is 19.2 Å². The number of carbonyl (C=O) groups excluding carboxylic acids is 2. The molecule has 1 saturated heterocycles. The third kappa shape index (κ3) is 3.51. The summed E-state index contributed by atoms with van der Waals surface area (Å²) in [5, 5.41) is 11.4. The van der Waals surface area contributed by atoms with E-state index in [1.807, 2.05) is 0 Å². The number of Topliss-reactive ketones (excluding diaryl/α,β-unsaturated/α-hetero) is 1. The van der Waals surface area contributed by atoms with Gasteiger partial charge < -0.3 is 10.6 Å². The molecule has 0 bridgehead atoms. The van der Waals surface area contributed by atoms with Crippen molar-refractivity contribution in [2.45, 2.75) is 18.0 Å². The van der Waals surface area contributed by atoms with Crippen LogP contribution in [0.15, 0.2) is 72.8 Å². The summed E-state index contributed by atoms with van der Waals surface area (Å²) in [6, 6.07) is 17.6. The van der Waals surface area contributed by atoms with Crippen molar-refractivity contribution in [3.8, 4) is 6.07 Å². The first-order chi connectivity index (χ1) is 16.8. The first-order valence-corrected chi connectivity index (χ1v) is 11.6. The summed E-state index contributed by atoms with van der Waals surface area (Å²) in [7, 11) is 0. The van der Waals surface area contributed by atoms with E-state index < -0.39 is 35.1 Å². The molecule has 1 amide bonds. The predicted molar refractivity (Wildman–Crippen MR) is 133 cm³/mol. The van der Waals surface area contributed by atoms with Crippen molar-refractivity contribution >= 4 is 46.7 Å². The number of nitrogens with zero attached hydrogens (tertiary/aromatic N) is 2. The Morgan fingerprint density at radius 3 is 2.23 bits per heavy atom. The van der Waals surface area contributed by atoms with E-state index in [0.29, 0.717) is 32.4 Å². The quantitative estimate of drug-likeness (QED) is 0.482. The minimum Gasteiger partial charge on any atom is -0.368 e. The number of anilines is 1. The third-order valence-corrected chi connectivity index (χ3v) is 7.32. The van der Waals surface area contributed by atoms with Gasteiger partial charge in [0.2, 0.25) is 5.91 Å². The highest BCUT2D eigenvalue weighted by molar-refractivity contribution is 6.31. The van der Waals surface area contributed by atoms with Crippen molar-refractivity contribution in [1.29, 1.82) is 5.26 Å². The fraction of sp³-hybridized carbons (Fsp3) is 0.148. The van der Waals surface area contributed by atoms with Gasteiger partial charge in [0.15, 0.2) is 11.2 Å². The molecule has 0 radical (unpaired) electrons. The van der Waals surface area contributed by atoms with Gasteiger partial charge in [0.1, 0.15) is 11.9 Å². The Kier molecular flexibility index (Phi) is 5.63. The molecule has 2 aliphatic rings. The van der Waals surface area contributed by atoms with Crippen molar-refractivity contribution in [2.24, 2.45) is 11.1 Å². The van der Waals surface area contributed by atoms with Gasteiger partial charge in [0.25, 0.3) is 0 Å². The zero-order valence-corrected chi connectivity index (χ0v) is 19.7. The number of nitriles is 1. The number of primary amides is 1. The molecule has 0 aliphatic carbocycles. The highest BCUT2D eigenvalue weighted by Gasteiger charge is 2.65. The van der Waals surface area contributed by atoms with Gasteiger partial charge in [0, 0.05) is 32.8 Å². The van der Waals surface area contributed by atoms with Gasteiger partial charge in [0.05, 0.1) is 12.1 Å². The summed E-state index contributed by atoms with van der Waals surface area (Å²) in [6.07, 6.45) is 3.30. The van der Waals surface area contributed by atoms with Gasteiger partial charge in [-0.25, -0.2) is 4.39 Å². The normalized spacial score (nSPS) is 24.4. The summed E-state index contributed by atoms with van der Waals surface area (Å²) in [5.41, 5.74) is 6.13. The van der Waals surface area contributed by atoms with Crippen LogP contribution in [0.25, 0.3) is 6.08 Å². The molecule has 0 aromatic heterocycles. The molecule has 0 unspecified atom stereocenters. The second kappa shape index (κ2) is 8.53. The molecule has 4 atom stereocenters. The minimum absolute atomic E-state index is 0.324. The van der Waals surface area contributed by atoms with Crippen molar-refractivity contribution in [3.05, 3.63) is 105 Å². The molecule has 5 nitrogen and oxygen atoms in total. The van der Waals surface area contributed by atoms with Crippen molar-refractivity contribution in [2.75, 3.05) is 4.90 Å². The Bertz CT molecular complexity index is 1420. The van der Waals surface area contributed by atoms with E-state index in [1.165, 1.54) is 12.1 Å². The molecule has 174 valence electrons. The van der Waals surface area contributed by atoms with E-state index in [1.54, 1.807) is 71.6 Å². The van der Waals surface area contributed by atoms with Gasteiger partial charge in [-0.05, 0) is 60.2 Å². The van der Waals surface area contributed by atoms with E-state index in [2.05, 4.69) is 6.07 Å². The van der Waals surface area contributed by atoms with E-state index >= 15 is 0 Å². The van der Waals surface area contributed by atoms with Crippen LogP contribution in [0.1, 0.15) is 27.4 Å². The molecule has 0 saturated carbocycles. The van der Waals surface area contributed by atoms with Crippen LogP contribution >= 0.6 is 23.2 Å². The molecule has 8 heteroatoms. The summed E-state index contributed by atoms with van der Waals surface area (Å²) >= 11 is 12.1. The SMILES string of the molecule is N#C[C@]1(C(N)=O)[C@H](c2ccc(Cl)cc2)[C@H](C(=O)c2ccc(Cl)cc2)N2c3ccc(F)cc3C=C[C@H]21. The number of amides is 1. The summed E-state index contributed by atoms with van der Waals surface area (Å²) in [6.45, 7) is 0. The van der Waals surface area contributed by atoms with Crippen molar-refractivity contribution < 1.29 is 14.0 Å². The maximum Gasteiger partial charge on any atom is 0.241 e. The van der Waals surface area contributed by atoms with Crippen molar-refractivity contribution in [1.82, 2.24) is 0 Å². The lowest BCUT2D eigenvalue weighted by atomic mass is 9.67. The van der Waals surface area contributed by atoms with E-state index in [-0.39, 0.29) is 5.78 Å². The monoisotopic (exact) mass is 505 g/mol. The smallest absolute Gasteiger partial charge is 0.241 e. The standard InChI is InChI=1S/C27H18Cl2FN3O2/c28-18-6-1-15(2-7-18)23-24(25(34)16-3-8-19(29)9-4-16)33-21-11-10-20(30)13-17(21)5-12-22(33)27(23,14-31)26(32)35/h1-13,22-24H,(H2,32,35)/t22-,23+,24+,27+/m0/s1. The number of carbonyl (C=O) groups is 2. The van der Waals surface area contributed by atoms with Crippen LogP contribution in [0.3, 0.4) is 0 Å². The number of halogens is 3. The Morgan fingerprint density at radius 1 is 1.00 bits per heavy atom. The second-order valence-corrected chi connectivity index (χ2v) is 9.48. The number of rotatable bonds is 4. The molecular weight excluding hydrogens is 488 g/mol. The van der Waals surface area contributed by atoms with Crippen molar-refractivity contribution in [3.63, 3.8) is 0 Å². The topological polar surface area (TPSA) is 87.2 Å². The highest BCUT2D eigenvalue weighted by atomic mass is 35.5. The summed E-state index contributed by atoms with van der Waals surface area (Å²) < 4.78 is 14.1. The lowest BCUT2D eigenvalue weighted by molar-refractivity contribution is -0.125. The average molecular weight is 506 g/mol. The fourth-order valence-corrected chi connectivity index (χ4v) is 5.54. The lowest BCUT2D eigenvalue weighted by Gasteiger charge is -2.36. The molecule has 3 aromatic rings. The van der Waals surface area contributed by atoms with Gasteiger partial charge in [-0.1, -0.05) is 47.5 Å². The number of hydrogen-bond acceptors (Lipinski definition) is 4. The predicted octanol–water partition coefficient (Wildman–Crippen LogP) is 5.38. The fourth-order valence-electron chi connectivity index (χ4n) is 5.29. The molecule has 2 heterocycles. The van der Waals surface area contributed by atoms with Gasteiger partial charge in [-0.3, -0.25) is 9.59 Å². The van der Waals surface area contributed by atoms with E-state index in [4.69, 9.17) is 28.9 Å². The van der Waals surface area contributed by atoms with Crippen LogP contribution in [0.5, 0.6) is 0 Å². The molecule has 35 heavy (non-hydrogen) atoms. The summed E-state index contributed by atoms with van der Waals surface area (Å²) in [5.74, 6) is -2.55. The molecule has 1 fully saturated rings. The van der Waals surface area contributed by atoms with Gasteiger partial charge >= 0.3 is 0 Å². The van der Waals surface area contributed by atoms with Gasteiger partial charge in [-0.15, -0.1) is 0 Å². The minimum atomic E-state index is -1.79. The maximum absolute atomic E-state index is 14.1. The van der Waals surface area contributed by atoms with Gasteiger partial charge in [-0.2, -0.15) is 5.26 Å². The van der Waals surface area contributed by atoms with Crippen LogP contribution in [0.2, 0.25) is 10.0 Å². The molecule has 5 rings (SSSR count). The van der Waals surface area contributed by atoms with Crippen LogP contribution in [-0.4, -0.2) is 23.8 Å². The Labute approximate surface area is 211 Å². The van der Waals surface area contributed by atoms with Crippen LogP contribution in [0.4, 0.5) is 10.1 Å². The second-order valence-electron chi connectivity index (χ2n) is 8.60. The largest absolute Gasteiger partial charge is 0.368 e. The van der Waals surface area contributed by atoms with Crippen LogP contribution < -0.4 is 10.6 Å². The number of nitrogens with two attached hydrogens (primary N) is 1. The Hall–Kier alpha value is -3.66. The molecule has 0 spiro atoms. The first-order valence-electron chi connectivity index (χ1n) is 10.8. The van der Waals surface area contributed by atoms with E-state index in [0.717, 1.165) is 0 Å². The third-order valence-electron chi connectivity index (χ3n) is 6.82. The maximum atomic E-state index is 14.1. The number of fused-ring (bicyclic) bond motifs is 3. The summed E-state index contributed by atoms with van der Waals surface area (Å²) in [4.78, 5) is 28.9. The lowest BCUT2D eigenvalue weighted by Crippen LogP contribution is -2.49. The number of benzene rings is 3. The average Bonchev–Trinajstić information content (AvgIpc) is 3.16. The molecule has 3 aromatic carbocycles. The first kappa shape index (κ1) is 23.1. The molecular formula is C27H18Cl2FN3O2. The Balaban J connectivity index is 1.80. The highest BCUT2D eigenvalue weighted by Crippen LogP contribution is 2.55. The molecule has 2 N–H and O–H groups in total. The van der Waals surface area contributed by atoms with Crippen LogP contribution in [-0.2, 0) is 4.79 Å². The zero-order chi connectivity index (χ0) is 24.9. The number of ketones is 1. The number of hydrogen-bond donors (Lipinski definition) is 1. The molecule has 2 aliphatic heterocycles. The Morgan fingerprint density at radius 2 is 1.63 bits per heavy atom. The zero-order valence-electron chi connectivity index (χ0n) is 18.2. The van der Waals surface area contributed by atoms with Crippen LogP contribution in [0, 0.1) is 22.6 Å².